The maximum Gasteiger partial charge on any atom is 0.223 e. The zero-order valence-electron chi connectivity index (χ0n) is 12.4. The summed E-state index contributed by atoms with van der Waals surface area (Å²) in [6.07, 6.45) is 6.21. The Balaban J connectivity index is 1.83. The molecular formula is C19H21NO. The molecule has 0 aliphatic carbocycles. The van der Waals surface area contributed by atoms with Crippen molar-refractivity contribution in [2.24, 2.45) is 0 Å². The molecule has 0 saturated carbocycles. The Morgan fingerprint density at radius 1 is 1.00 bits per heavy atom. The van der Waals surface area contributed by atoms with Gasteiger partial charge in [-0.1, -0.05) is 60.7 Å². The highest BCUT2D eigenvalue weighted by molar-refractivity contribution is 5.91. The SMILES string of the molecule is CC(=O)N(CCC/C=C/c1ccccc1)c1ccccc1. The molecule has 0 bridgehead atoms. The summed E-state index contributed by atoms with van der Waals surface area (Å²) in [7, 11) is 0. The summed E-state index contributed by atoms with van der Waals surface area (Å²) < 4.78 is 0. The minimum absolute atomic E-state index is 0.0910. The van der Waals surface area contributed by atoms with Crippen LogP contribution in [0.5, 0.6) is 0 Å². The second kappa shape index (κ2) is 8.05. The van der Waals surface area contributed by atoms with E-state index in [0.29, 0.717) is 0 Å². The molecule has 2 rings (SSSR count). The Kier molecular flexibility index (Phi) is 5.77. The molecule has 2 aromatic rings. The van der Waals surface area contributed by atoms with E-state index in [1.807, 2.05) is 53.4 Å². The zero-order chi connectivity index (χ0) is 14.9. The van der Waals surface area contributed by atoms with Crippen molar-refractivity contribution in [3.05, 3.63) is 72.3 Å². The van der Waals surface area contributed by atoms with Crippen molar-refractivity contribution in [1.82, 2.24) is 0 Å². The van der Waals surface area contributed by atoms with Gasteiger partial charge in [-0.05, 0) is 30.5 Å². The molecule has 21 heavy (non-hydrogen) atoms. The van der Waals surface area contributed by atoms with Crippen molar-refractivity contribution < 1.29 is 4.79 Å². The highest BCUT2D eigenvalue weighted by Gasteiger charge is 2.09. The summed E-state index contributed by atoms with van der Waals surface area (Å²) in [5.74, 6) is 0.0910. The Labute approximate surface area is 126 Å². The number of carbonyl (C=O) groups is 1. The molecule has 0 spiro atoms. The molecule has 0 aliphatic heterocycles. The number of para-hydroxylation sites is 1. The second-order valence-corrected chi connectivity index (χ2v) is 4.96. The van der Waals surface area contributed by atoms with Crippen LogP contribution in [0.1, 0.15) is 25.3 Å². The van der Waals surface area contributed by atoms with Crippen LogP contribution in [0.3, 0.4) is 0 Å². The third-order valence-corrected chi connectivity index (χ3v) is 3.31. The topological polar surface area (TPSA) is 20.3 Å². The van der Waals surface area contributed by atoms with E-state index in [1.165, 1.54) is 5.56 Å². The van der Waals surface area contributed by atoms with Crippen LogP contribution in [-0.4, -0.2) is 12.5 Å². The lowest BCUT2D eigenvalue weighted by Crippen LogP contribution is -2.29. The van der Waals surface area contributed by atoms with Crippen LogP contribution in [0.15, 0.2) is 66.7 Å². The molecule has 0 radical (unpaired) electrons. The van der Waals surface area contributed by atoms with Gasteiger partial charge >= 0.3 is 0 Å². The van der Waals surface area contributed by atoms with Gasteiger partial charge in [-0.25, -0.2) is 0 Å². The number of carbonyl (C=O) groups excluding carboxylic acids is 1. The van der Waals surface area contributed by atoms with Gasteiger partial charge in [0.1, 0.15) is 0 Å². The van der Waals surface area contributed by atoms with E-state index in [2.05, 4.69) is 24.3 Å². The van der Waals surface area contributed by atoms with E-state index >= 15 is 0 Å². The van der Waals surface area contributed by atoms with Crippen LogP contribution in [-0.2, 0) is 4.79 Å². The molecule has 2 heteroatoms. The number of hydrogen-bond acceptors (Lipinski definition) is 1. The molecule has 0 heterocycles. The largest absolute Gasteiger partial charge is 0.313 e. The molecule has 0 unspecified atom stereocenters. The Morgan fingerprint density at radius 3 is 2.24 bits per heavy atom. The van der Waals surface area contributed by atoms with Crippen molar-refractivity contribution in [2.75, 3.05) is 11.4 Å². The van der Waals surface area contributed by atoms with E-state index in [9.17, 15) is 4.79 Å². The smallest absolute Gasteiger partial charge is 0.223 e. The highest BCUT2D eigenvalue weighted by Crippen LogP contribution is 2.14. The number of rotatable bonds is 6. The minimum atomic E-state index is 0.0910. The molecule has 0 atom stereocenters. The van der Waals surface area contributed by atoms with Gasteiger partial charge < -0.3 is 4.90 Å². The van der Waals surface area contributed by atoms with E-state index in [1.54, 1.807) is 6.92 Å². The van der Waals surface area contributed by atoms with Gasteiger partial charge in [-0.15, -0.1) is 0 Å². The lowest BCUT2D eigenvalue weighted by Gasteiger charge is -2.20. The number of benzene rings is 2. The van der Waals surface area contributed by atoms with E-state index < -0.39 is 0 Å². The monoisotopic (exact) mass is 279 g/mol. The average molecular weight is 279 g/mol. The van der Waals surface area contributed by atoms with Crippen LogP contribution in [0, 0.1) is 0 Å². The van der Waals surface area contributed by atoms with E-state index in [-0.39, 0.29) is 5.91 Å². The second-order valence-electron chi connectivity index (χ2n) is 4.96. The summed E-state index contributed by atoms with van der Waals surface area (Å²) in [5.41, 5.74) is 2.18. The normalized spacial score (nSPS) is 10.7. The Morgan fingerprint density at radius 2 is 1.62 bits per heavy atom. The molecule has 0 aliphatic rings. The van der Waals surface area contributed by atoms with Gasteiger partial charge in [0.25, 0.3) is 0 Å². The van der Waals surface area contributed by atoms with Gasteiger partial charge in [0.2, 0.25) is 5.91 Å². The summed E-state index contributed by atoms with van der Waals surface area (Å²) >= 11 is 0. The van der Waals surface area contributed by atoms with Crippen molar-refractivity contribution in [1.29, 1.82) is 0 Å². The fourth-order valence-corrected chi connectivity index (χ4v) is 2.23. The third-order valence-electron chi connectivity index (χ3n) is 3.31. The van der Waals surface area contributed by atoms with Crippen molar-refractivity contribution in [2.45, 2.75) is 19.8 Å². The molecule has 0 fully saturated rings. The van der Waals surface area contributed by atoms with Gasteiger partial charge in [-0.2, -0.15) is 0 Å². The van der Waals surface area contributed by atoms with Gasteiger partial charge in [0, 0.05) is 19.2 Å². The molecule has 0 aromatic heterocycles. The number of unbranched alkanes of at least 4 members (excludes halogenated alkanes) is 1. The summed E-state index contributed by atoms with van der Waals surface area (Å²) in [6, 6.07) is 20.1. The van der Waals surface area contributed by atoms with Gasteiger partial charge in [0.05, 0.1) is 0 Å². The van der Waals surface area contributed by atoms with Crippen LogP contribution in [0.25, 0.3) is 6.08 Å². The lowest BCUT2D eigenvalue weighted by atomic mass is 10.2. The first-order valence-electron chi connectivity index (χ1n) is 7.32. The third kappa shape index (κ3) is 4.92. The first-order chi connectivity index (χ1) is 10.3. The molecule has 2 aromatic carbocycles. The first-order valence-corrected chi connectivity index (χ1v) is 7.32. The van der Waals surface area contributed by atoms with Crippen LogP contribution in [0.4, 0.5) is 5.69 Å². The van der Waals surface area contributed by atoms with Gasteiger partial charge in [-0.3, -0.25) is 4.79 Å². The van der Waals surface area contributed by atoms with Crippen LogP contribution in [0.2, 0.25) is 0 Å². The number of amides is 1. The molecule has 2 nitrogen and oxygen atoms in total. The van der Waals surface area contributed by atoms with Crippen molar-refractivity contribution in [3.63, 3.8) is 0 Å². The summed E-state index contributed by atoms with van der Waals surface area (Å²) in [5, 5.41) is 0. The Hall–Kier alpha value is -2.35. The van der Waals surface area contributed by atoms with Crippen molar-refractivity contribution in [3.8, 4) is 0 Å². The summed E-state index contributed by atoms with van der Waals surface area (Å²) in [4.78, 5) is 13.6. The highest BCUT2D eigenvalue weighted by atomic mass is 16.2. The van der Waals surface area contributed by atoms with E-state index in [0.717, 1.165) is 25.1 Å². The van der Waals surface area contributed by atoms with Crippen LogP contribution >= 0.6 is 0 Å². The quantitative estimate of drug-likeness (QED) is 0.711. The Bertz CT molecular complexity index is 575. The number of anilines is 1. The maximum atomic E-state index is 11.7. The average Bonchev–Trinajstić information content (AvgIpc) is 2.52. The summed E-state index contributed by atoms with van der Waals surface area (Å²) in [6.45, 7) is 2.37. The zero-order valence-corrected chi connectivity index (χ0v) is 12.4. The number of nitrogens with zero attached hydrogens (tertiary/aromatic N) is 1. The van der Waals surface area contributed by atoms with Crippen molar-refractivity contribution >= 4 is 17.7 Å². The fraction of sp³-hybridized carbons (Fsp3) is 0.211. The molecular weight excluding hydrogens is 258 g/mol. The number of allylic oxidation sites excluding steroid dienone is 1. The number of hydrogen-bond donors (Lipinski definition) is 0. The van der Waals surface area contributed by atoms with Gasteiger partial charge in [0.15, 0.2) is 0 Å². The van der Waals surface area contributed by atoms with E-state index in [4.69, 9.17) is 0 Å². The standard InChI is InChI=1S/C19H21NO/c1-17(21)20(19-14-8-3-9-15-19)16-10-4-7-13-18-11-5-2-6-12-18/h2-3,5-9,11-15H,4,10,16H2,1H3/b13-7+. The molecule has 1 amide bonds. The molecule has 0 saturated heterocycles. The minimum Gasteiger partial charge on any atom is -0.313 e. The maximum absolute atomic E-state index is 11.7. The molecule has 0 N–H and O–H groups in total. The predicted molar refractivity (Wildman–Crippen MR) is 89.2 cm³/mol. The van der Waals surface area contributed by atoms with Crippen LogP contribution < -0.4 is 4.90 Å². The first kappa shape index (κ1) is 15.0. The molecule has 108 valence electrons. The predicted octanol–water partition coefficient (Wildman–Crippen LogP) is 4.53. The fourth-order valence-electron chi connectivity index (χ4n) is 2.23. The lowest BCUT2D eigenvalue weighted by molar-refractivity contribution is -0.116.